The second-order valence-electron chi connectivity index (χ2n) is 7.24. The van der Waals surface area contributed by atoms with Crippen LogP contribution in [0.4, 0.5) is 5.69 Å². The SMILES string of the molecule is Cc1cc(C)n(-c2ccccc2NC(=O)c2ccc(S(=O)(=O)NCc3ccco3)cc2)n1. The first-order valence-corrected chi connectivity index (χ1v) is 11.4. The Balaban J connectivity index is 1.50. The van der Waals surface area contributed by atoms with Crippen LogP contribution in [0, 0.1) is 13.8 Å². The molecule has 4 aromatic rings. The minimum absolute atomic E-state index is 0.0423. The van der Waals surface area contributed by atoms with Gasteiger partial charge in [-0.2, -0.15) is 5.10 Å². The number of nitrogens with one attached hydrogen (secondary N) is 2. The van der Waals surface area contributed by atoms with Gasteiger partial charge in [-0.1, -0.05) is 12.1 Å². The highest BCUT2D eigenvalue weighted by Crippen LogP contribution is 2.22. The van der Waals surface area contributed by atoms with Gasteiger partial charge >= 0.3 is 0 Å². The van der Waals surface area contributed by atoms with Crippen LogP contribution in [0.25, 0.3) is 5.69 Å². The minimum atomic E-state index is -3.74. The number of para-hydroxylation sites is 2. The Morgan fingerprint density at radius 1 is 1.03 bits per heavy atom. The van der Waals surface area contributed by atoms with Crippen LogP contribution in [0.15, 0.2) is 82.3 Å². The van der Waals surface area contributed by atoms with E-state index in [-0.39, 0.29) is 17.3 Å². The summed E-state index contributed by atoms with van der Waals surface area (Å²) in [6, 6.07) is 18.4. The molecule has 2 aromatic carbocycles. The molecule has 9 heteroatoms. The summed E-state index contributed by atoms with van der Waals surface area (Å²) >= 11 is 0. The highest BCUT2D eigenvalue weighted by atomic mass is 32.2. The second kappa shape index (κ2) is 8.81. The summed E-state index contributed by atoms with van der Waals surface area (Å²) in [5.41, 5.74) is 3.49. The van der Waals surface area contributed by atoms with Crippen LogP contribution in [-0.4, -0.2) is 24.1 Å². The fraction of sp³-hybridized carbons (Fsp3) is 0.130. The van der Waals surface area contributed by atoms with Gasteiger partial charge in [0.05, 0.1) is 34.8 Å². The van der Waals surface area contributed by atoms with Crippen molar-refractivity contribution >= 4 is 21.6 Å². The van der Waals surface area contributed by atoms with Crippen LogP contribution in [0.3, 0.4) is 0 Å². The van der Waals surface area contributed by atoms with E-state index < -0.39 is 10.0 Å². The number of furan rings is 1. The Bertz CT molecular complexity index is 1340. The maximum Gasteiger partial charge on any atom is 0.255 e. The van der Waals surface area contributed by atoms with E-state index in [2.05, 4.69) is 15.1 Å². The van der Waals surface area contributed by atoms with Crippen LogP contribution < -0.4 is 10.0 Å². The summed E-state index contributed by atoms with van der Waals surface area (Å²) in [6.07, 6.45) is 1.48. The van der Waals surface area contributed by atoms with E-state index >= 15 is 0 Å². The van der Waals surface area contributed by atoms with Crippen LogP contribution in [0.5, 0.6) is 0 Å². The highest BCUT2D eigenvalue weighted by Gasteiger charge is 2.17. The van der Waals surface area contributed by atoms with Crippen LogP contribution in [-0.2, 0) is 16.6 Å². The summed E-state index contributed by atoms with van der Waals surface area (Å²) in [7, 11) is -3.74. The van der Waals surface area contributed by atoms with Gasteiger partial charge in [0.15, 0.2) is 0 Å². The number of aryl methyl sites for hydroxylation is 2. The van der Waals surface area contributed by atoms with Crippen molar-refractivity contribution in [1.82, 2.24) is 14.5 Å². The van der Waals surface area contributed by atoms with Crippen molar-refractivity contribution in [3.8, 4) is 5.69 Å². The third-order valence-electron chi connectivity index (χ3n) is 4.83. The molecule has 1 amide bonds. The Hall–Kier alpha value is -3.69. The first kappa shape index (κ1) is 21.5. The van der Waals surface area contributed by atoms with Crippen LogP contribution in [0.1, 0.15) is 27.5 Å². The molecule has 0 saturated carbocycles. The van der Waals surface area contributed by atoms with Gasteiger partial charge in [0.25, 0.3) is 5.91 Å². The fourth-order valence-corrected chi connectivity index (χ4v) is 4.27. The molecule has 0 atom stereocenters. The lowest BCUT2D eigenvalue weighted by atomic mass is 10.2. The molecular weight excluding hydrogens is 428 g/mol. The molecule has 0 unspecified atom stereocenters. The molecule has 0 bridgehead atoms. The van der Waals surface area contributed by atoms with Crippen molar-refractivity contribution in [2.24, 2.45) is 0 Å². The second-order valence-corrected chi connectivity index (χ2v) is 9.01. The number of carbonyl (C=O) groups is 1. The van der Waals surface area contributed by atoms with Crippen molar-refractivity contribution in [3.05, 3.63) is 95.7 Å². The first-order valence-electron chi connectivity index (χ1n) is 9.89. The quantitative estimate of drug-likeness (QED) is 0.445. The van der Waals surface area contributed by atoms with E-state index in [1.54, 1.807) is 22.9 Å². The molecule has 32 heavy (non-hydrogen) atoms. The molecule has 0 aliphatic heterocycles. The fourth-order valence-electron chi connectivity index (χ4n) is 3.28. The van der Waals surface area contributed by atoms with Gasteiger partial charge in [-0.3, -0.25) is 4.79 Å². The van der Waals surface area contributed by atoms with Gasteiger partial charge in [-0.15, -0.1) is 0 Å². The Labute approximate surface area is 185 Å². The molecule has 8 nitrogen and oxygen atoms in total. The molecule has 4 rings (SSSR count). The number of benzene rings is 2. The Morgan fingerprint density at radius 3 is 2.44 bits per heavy atom. The zero-order chi connectivity index (χ0) is 22.7. The van der Waals surface area contributed by atoms with Crippen molar-refractivity contribution in [2.45, 2.75) is 25.3 Å². The maximum absolute atomic E-state index is 12.8. The lowest BCUT2D eigenvalue weighted by Crippen LogP contribution is -2.23. The van der Waals surface area contributed by atoms with Gasteiger partial charge in [0.2, 0.25) is 10.0 Å². The lowest BCUT2D eigenvalue weighted by molar-refractivity contribution is 0.102. The molecule has 164 valence electrons. The molecule has 0 aliphatic rings. The zero-order valence-corrected chi connectivity index (χ0v) is 18.4. The average molecular weight is 451 g/mol. The van der Waals surface area contributed by atoms with Crippen LogP contribution in [0.2, 0.25) is 0 Å². The molecule has 2 N–H and O–H groups in total. The summed E-state index contributed by atoms with van der Waals surface area (Å²) in [5, 5.41) is 7.37. The van der Waals surface area contributed by atoms with Gasteiger partial charge in [0.1, 0.15) is 5.76 Å². The van der Waals surface area contributed by atoms with Gasteiger partial charge in [0, 0.05) is 11.3 Å². The smallest absolute Gasteiger partial charge is 0.255 e. The minimum Gasteiger partial charge on any atom is -0.468 e. The maximum atomic E-state index is 12.8. The van der Waals surface area contributed by atoms with Crippen molar-refractivity contribution in [2.75, 3.05) is 5.32 Å². The third-order valence-corrected chi connectivity index (χ3v) is 6.25. The molecule has 2 heterocycles. The van der Waals surface area contributed by atoms with E-state index in [1.807, 2.05) is 38.1 Å². The number of hydrogen-bond donors (Lipinski definition) is 2. The number of anilines is 1. The monoisotopic (exact) mass is 450 g/mol. The number of hydrogen-bond acceptors (Lipinski definition) is 5. The predicted octanol–water partition coefficient (Wildman–Crippen LogP) is 3.81. The molecule has 0 spiro atoms. The van der Waals surface area contributed by atoms with E-state index in [0.29, 0.717) is 17.0 Å². The van der Waals surface area contributed by atoms with E-state index in [9.17, 15) is 13.2 Å². The van der Waals surface area contributed by atoms with Crippen molar-refractivity contribution < 1.29 is 17.6 Å². The third kappa shape index (κ3) is 4.63. The van der Waals surface area contributed by atoms with E-state index in [4.69, 9.17) is 4.42 Å². The first-order chi connectivity index (χ1) is 15.3. The normalized spacial score (nSPS) is 11.4. The number of rotatable bonds is 7. The van der Waals surface area contributed by atoms with Crippen molar-refractivity contribution in [1.29, 1.82) is 0 Å². The molecular formula is C23H22N4O4S. The molecule has 0 fully saturated rings. The van der Waals surface area contributed by atoms with E-state index in [1.165, 1.54) is 30.5 Å². The molecule has 2 aromatic heterocycles. The number of sulfonamides is 1. The Kier molecular flexibility index (Phi) is 5.93. The van der Waals surface area contributed by atoms with Crippen molar-refractivity contribution in [3.63, 3.8) is 0 Å². The molecule has 0 aliphatic carbocycles. The molecule has 0 radical (unpaired) electrons. The number of carbonyl (C=O) groups excluding carboxylic acids is 1. The Morgan fingerprint density at radius 2 is 1.78 bits per heavy atom. The predicted molar refractivity (Wildman–Crippen MR) is 120 cm³/mol. The number of amides is 1. The lowest BCUT2D eigenvalue weighted by Gasteiger charge is -2.13. The van der Waals surface area contributed by atoms with Gasteiger partial charge < -0.3 is 9.73 Å². The van der Waals surface area contributed by atoms with Crippen LogP contribution >= 0.6 is 0 Å². The number of aromatic nitrogens is 2. The average Bonchev–Trinajstić information content (AvgIpc) is 3.42. The summed E-state index contributed by atoms with van der Waals surface area (Å²) < 4.78 is 34.3. The summed E-state index contributed by atoms with van der Waals surface area (Å²) in [4.78, 5) is 12.9. The standard InChI is InChI=1S/C23H22N4O4S/c1-16-14-17(2)27(26-16)22-8-4-3-7-21(22)25-23(28)18-9-11-20(12-10-18)32(29,30)24-15-19-6-5-13-31-19/h3-14,24H,15H2,1-2H3,(H,25,28). The summed E-state index contributed by atoms with van der Waals surface area (Å²) in [6.45, 7) is 3.89. The summed E-state index contributed by atoms with van der Waals surface area (Å²) in [5.74, 6) is 0.150. The highest BCUT2D eigenvalue weighted by molar-refractivity contribution is 7.89. The van der Waals surface area contributed by atoms with E-state index in [0.717, 1.165) is 17.1 Å². The van der Waals surface area contributed by atoms with Gasteiger partial charge in [-0.25, -0.2) is 17.8 Å². The largest absolute Gasteiger partial charge is 0.468 e. The van der Waals surface area contributed by atoms with Gasteiger partial charge in [-0.05, 0) is 68.4 Å². The topological polar surface area (TPSA) is 106 Å². The zero-order valence-electron chi connectivity index (χ0n) is 17.6. The number of nitrogens with zero attached hydrogens (tertiary/aromatic N) is 2. The molecule has 0 saturated heterocycles.